The lowest BCUT2D eigenvalue weighted by molar-refractivity contribution is -0.121. The van der Waals surface area contributed by atoms with E-state index in [9.17, 15) is 4.79 Å². The number of aryl methyl sites for hydroxylation is 2. The molecule has 2 unspecified atom stereocenters. The fraction of sp³-hybridized carbons (Fsp3) is 0.526. The zero-order valence-electron chi connectivity index (χ0n) is 15.4. The molecule has 0 bridgehead atoms. The van der Waals surface area contributed by atoms with Gasteiger partial charge >= 0.3 is 0 Å². The Balaban J connectivity index is 1.34. The molecule has 2 aliphatic rings. The summed E-state index contributed by atoms with van der Waals surface area (Å²) >= 11 is 0. The minimum Gasteiger partial charge on any atom is -0.370 e. The maximum atomic E-state index is 13.0. The Bertz CT molecular complexity index is 774. The quantitative estimate of drug-likeness (QED) is 0.885. The molecule has 4 rings (SSSR count). The van der Waals surface area contributed by atoms with Gasteiger partial charge in [-0.3, -0.25) is 19.3 Å². The van der Waals surface area contributed by atoms with Crippen LogP contribution in [0, 0.1) is 12.8 Å². The molecular formula is C19H26N6O. The van der Waals surface area contributed by atoms with Crippen LogP contribution in [-0.2, 0) is 11.8 Å². The standard InChI is InChI=1S/C19H26N6O/c1-14-11-18(23(2)22-14)25-10-7-16(19(25)26)24-9-6-15(13-24)12-21-17-5-3-4-8-20-17/h3-5,8,11,15-16H,6-7,9-10,12-13H2,1-2H3,(H,20,21). The van der Waals surface area contributed by atoms with Crippen molar-refractivity contribution in [2.75, 3.05) is 36.4 Å². The normalized spacial score (nSPS) is 23.8. The highest BCUT2D eigenvalue weighted by Gasteiger charge is 2.40. The second-order valence-electron chi connectivity index (χ2n) is 7.31. The topological polar surface area (TPSA) is 66.3 Å². The van der Waals surface area contributed by atoms with Crippen molar-refractivity contribution in [2.24, 2.45) is 13.0 Å². The predicted octanol–water partition coefficient (Wildman–Crippen LogP) is 1.66. The molecule has 2 aliphatic heterocycles. The molecule has 7 heteroatoms. The van der Waals surface area contributed by atoms with Gasteiger partial charge < -0.3 is 5.32 Å². The van der Waals surface area contributed by atoms with Crippen LogP contribution in [0.25, 0.3) is 0 Å². The van der Waals surface area contributed by atoms with Crippen LogP contribution in [0.1, 0.15) is 18.5 Å². The highest BCUT2D eigenvalue weighted by Crippen LogP contribution is 2.28. The molecule has 2 aromatic heterocycles. The molecular weight excluding hydrogens is 328 g/mol. The highest BCUT2D eigenvalue weighted by atomic mass is 16.2. The number of hydrogen-bond acceptors (Lipinski definition) is 5. The number of anilines is 2. The summed E-state index contributed by atoms with van der Waals surface area (Å²) in [6.07, 6.45) is 3.81. The Labute approximate surface area is 154 Å². The van der Waals surface area contributed by atoms with Crippen molar-refractivity contribution >= 4 is 17.5 Å². The van der Waals surface area contributed by atoms with Crippen LogP contribution >= 0.6 is 0 Å². The summed E-state index contributed by atoms with van der Waals surface area (Å²) in [7, 11) is 1.90. The molecule has 7 nitrogen and oxygen atoms in total. The minimum atomic E-state index is 0.00468. The average molecular weight is 354 g/mol. The average Bonchev–Trinajstić information content (AvgIpc) is 3.33. The van der Waals surface area contributed by atoms with E-state index in [1.54, 1.807) is 10.9 Å². The van der Waals surface area contributed by atoms with Gasteiger partial charge in [0.2, 0.25) is 5.91 Å². The summed E-state index contributed by atoms with van der Waals surface area (Å²) in [5, 5.41) is 7.78. The van der Waals surface area contributed by atoms with Gasteiger partial charge in [0.15, 0.2) is 0 Å². The molecule has 1 amide bonds. The molecule has 26 heavy (non-hydrogen) atoms. The van der Waals surface area contributed by atoms with Gasteiger partial charge in [-0.2, -0.15) is 5.10 Å². The smallest absolute Gasteiger partial charge is 0.245 e. The molecule has 2 atom stereocenters. The van der Waals surface area contributed by atoms with E-state index in [1.165, 1.54) is 0 Å². The van der Waals surface area contributed by atoms with Crippen molar-refractivity contribution in [1.29, 1.82) is 0 Å². The number of carbonyl (C=O) groups is 1. The first-order valence-electron chi connectivity index (χ1n) is 9.33. The second-order valence-corrected chi connectivity index (χ2v) is 7.31. The number of nitrogens with one attached hydrogen (secondary N) is 1. The lowest BCUT2D eigenvalue weighted by Gasteiger charge is -2.23. The second kappa shape index (κ2) is 7.07. The lowest BCUT2D eigenvalue weighted by Crippen LogP contribution is -2.41. The molecule has 4 heterocycles. The van der Waals surface area contributed by atoms with Gasteiger partial charge in [0.25, 0.3) is 0 Å². The predicted molar refractivity (Wildman–Crippen MR) is 101 cm³/mol. The molecule has 0 aromatic carbocycles. The lowest BCUT2D eigenvalue weighted by atomic mass is 10.1. The van der Waals surface area contributed by atoms with Crippen LogP contribution in [0.2, 0.25) is 0 Å². The van der Waals surface area contributed by atoms with Crippen molar-refractivity contribution in [3.05, 3.63) is 36.2 Å². The zero-order valence-corrected chi connectivity index (χ0v) is 15.4. The summed E-state index contributed by atoms with van der Waals surface area (Å²) in [5.74, 6) is 2.59. The third-order valence-corrected chi connectivity index (χ3v) is 5.43. The monoisotopic (exact) mass is 354 g/mol. The van der Waals surface area contributed by atoms with E-state index in [-0.39, 0.29) is 11.9 Å². The molecule has 0 saturated carbocycles. The molecule has 1 N–H and O–H groups in total. The summed E-state index contributed by atoms with van der Waals surface area (Å²) in [5.41, 5.74) is 0.945. The Morgan fingerprint density at radius 3 is 2.88 bits per heavy atom. The summed E-state index contributed by atoms with van der Waals surface area (Å²) in [6.45, 7) is 5.59. The van der Waals surface area contributed by atoms with Crippen LogP contribution in [0.3, 0.4) is 0 Å². The van der Waals surface area contributed by atoms with Gasteiger partial charge in [0, 0.05) is 38.9 Å². The Kier molecular flexibility index (Phi) is 4.63. The minimum absolute atomic E-state index is 0.00468. The van der Waals surface area contributed by atoms with E-state index >= 15 is 0 Å². The number of amides is 1. The molecule has 2 fully saturated rings. The number of carbonyl (C=O) groups excluding carboxylic acids is 1. The first-order chi connectivity index (χ1) is 12.6. The molecule has 0 radical (unpaired) electrons. The summed E-state index contributed by atoms with van der Waals surface area (Å²) < 4.78 is 1.80. The van der Waals surface area contributed by atoms with E-state index in [0.29, 0.717) is 5.92 Å². The van der Waals surface area contributed by atoms with Gasteiger partial charge in [0.1, 0.15) is 11.6 Å². The first kappa shape index (κ1) is 17.0. The Hall–Kier alpha value is -2.41. The number of pyridine rings is 1. The highest BCUT2D eigenvalue weighted by molar-refractivity contribution is 5.98. The number of aromatic nitrogens is 3. The summed E-state index contributed by atoms with van der Waals surface area (Å²) in [6, 6.07) is 7.89. The van der Waals surface area contributed by atoms with Crippen molar-refractivity contribution in [1.82, 2.24) is 19.7 Å². The van der Waals surface area contributed by atoms with Crippen molar-refractivity contribution < 1.29 is 4.79 Å². The van der Waals surface area contributed by atoms with Crippen LogP contribution in [0.15, 0.2) is 30.5 Å². The third-order valence-electron chi connectivity index (χ3n) is 5.43. The van der Waals surface area contributed by atoms with E-state index in [0.717, 1.165) is 56.4 Å². The number of nitrogens with zero attached hydrogens (tertiary/aromatic N) is 5. The zero-order chi connectivity index (χ0) is 18.1. The van der Waals surface area contributed by atoms with Gasteiger partial charge in [-0.05, 0) is 44.4 Å². The van der Waals surface area contributed by atoms with Crippen LogP contribution in [0.4, 0.5) is 11.6 Å². The van der Waals surface area contributed by atoms with E-state index in [2.05, 4.69) is 20.3 Å². The maximum Gasteiger partial charge on any atom is 0.245 e. The first-order valence-corrected chi connectivity index (χ1v) is 9.33. The van der Waals surface area contributed by atoms with Gasteiger partial charge in [-0.1, -0.05) is 6.07 Å². The fourth-order valence-corrected chi connectivity index (χ4v) is 4.11. The van der Waals surface area contributed by atoms with Gasteiger partial charge in [-0.25, -0.2) is 4.98 Å². The van der Waals surface area contributed by atoms with Crippen molar-refractivity contribution in [3.63, 3.8) is 0 Å². The molecule has 2 saturated heterocycles. The van der Waals surface area contributed by atoms with Crippen LogP contribution < -0.4 is 10.2 Å². The van der Waals surface area contributed by atoms with E-state index in [1.807, 2.05) is 43.1 Å². The van der Waals surface area contributed by atoms with Gasteiger partial charge in [0.05, 0.1) is 11.7 Å². The SMILES string of the molecule is Cc1cc(N2CCC(N3CCC(CNc4ccccn4)C3)C2=O)n(C)n1. The van der Waals surface area contributed by atoms with Crippen molar-refractivity contribution in [3.8, 4) is 0 Å². The largest absolute Gasteiger partial charge is 0.370 e. The Morgan fingerprint density at radius 1 is 1.27 bits per heavy atom. The summed E-state index contributed by atoms with van der Waals surface area (Å²) in [4.78, 5) is 21.5. The third kappa shape index (κ3) is 3.31. The fourth-order valence-electron chi connectivity index (χ4n) is 4.11. The molecule has 138 valence electrons. The molecule has 0 spiro atoms. The van der Waals surface area contributed by atoms with E-state index in [4.69, 9.17) is 0 Å². The van der Waals surface area contributed by atoms with Crippen LogP contribution in [0.5, 0.6) is 0 Å². The Morgan fingerprint density at radius 2 is 2.15 bits per heavy atom. The molecule has 0 aliphatic carbocycles. The van der Waals surface area contributed by atoms with E-state index < -0.39 is 0 Å². The number of hydrogen-bond donors (Lipinski definition) is 1. The van der Waals surface area contributed by atoms with Crippen molar-refractivity contribution in [2.45, 2.75) is 25.8 Å². The number of rotatable bonds is 5. The molecule has 2 aromatic rings. The maximum absolute atomic E-state index is 13.0. The number of likely N-dealkylation sites (tertiary alicyclic amines) is 1. The van der Waals surface area contributed by atoms with Crippen LogP contribution in [-0.4, -0.2) is 57.8 Å². The van der Waals surface area contributed by atoms with Gasteiger partial charge in [-0.15, -0.1) is 0 Å².